The molecule has 1 aliphatic heterocycles. The molecule has 7 heteroatoms. The molecule has 1 aromatic rings. The van der Waals surface area contributed by atoms with E-state index >= 15 is 0 Å². The van der Waals surface area contributed by atoms with Gasteiger partial charge in [0, 0.05) is 12.8 Å². The van der Waals surface area contributed by atoms with E-state index in [2.05, 4.69) is 5.32 Å². The molecule has 1 heterocycles. The number of hydrogen-bond acceptors (Lipinski definition) is 4. The van der Waals surface area contributed by atoms with E-state index in [9.17, 15) is 18.0 Å². The van der Waals surface area contributed by atoms with Gasteiger partial charge in [-0.15, -0.1) is 0 Å². The van der Waals surface area contributed by atoms with Gasteiger partial charge in [-0.2, -0.15) is 0 Å². The van der Waals surface area contributed by atoms with Crippen molar-refractivity contribution in [2.75, 3.05) is 12.8 Å². The molecule has 1 fully saturated rings. The van der Waals surface area contributed by atoms with E-state index in [4.69, 9.17) is 0 Å². The molecular formula is C13H16N2O4S. The van der Waals surface area contributed by atoms with Crippen molar-refractivity contribution in [2.24, 2.45) is 0 Å². The van der Waals surface area contributed by atoms with Crippen LogP contribution in [0.2, 0.25) is 0 Å². The van der Waals surface area contributed by atoms with E-state index in [0.29, 0.717) is 12.1 Å². The van der Waals surface area contributed by atoms with Crippen LogP contribution < -0.4 is 5.32 Å². The smallest absolute Gasteiger partial charge is 0.319 e. The summed E-state index contributed by atoms with van der Waals surface area (Å²) in [6, 6.07) is 5.53. The van der Waals surface area contributed by atoms with Gasteiger partial charge < -0.3 is 5.32 Å². The Hall–Kier alpha value is -1.89. The second kappa shape index (κ2) is 4.59. The molecule has 0 aliphatic carbocycles. The summed E-state index contributed by atoms with van der Waals surface area (Å²) in [5, 5.41) is 2.64. The van der Waals surface area contributed by atoms with Crippen LogP contribution in [0.25, 0.3) is 0 Å². The average molecular weight is 296 g/mol. The molecule has 1 atom stereocenters. The molecule has 108 valence electrons. The molecule has 0 spiro atoms. The number of carbonyl (C=O) groups is 2. The van der Waals surface area contributed by atoms with E-state index < -0.39 is 21.4 Å². The molecule has 1 saturated heterocycles. The van der Waals surface area contributed by atoms with Gasteiger partial charge in [0.25, 0.3) is 5.91 Å². The fourth-order valence-electron chi connectivity index (χ4n) is 2.22. The van der Waals surface area contributed by atoms with Crippen molar-refractivity contribution in [3.05, 3.63) is 29.8 Å². The first-order chi connectivity index (χ1) is 9.20. The summed E-state index contributed by atoms with van der Waals surface area (Å²) >= 11 is 0. The maximum absolute atomic E-state index is 12.3. The Kier molecular flexibility index (Phi) is 3.33. The number of urea groups is 1. The topological polar surface area (TPSA) is 83.6 Å². The Bertz CT molecular complexity index is 666. The predicted octanol–water partition coefficient (Wildman–Crippen LogP) is 0.877. The zero-order valence-corrected chi connectivity index (χ0v) is 12.3. The van der Waals surface area contributed by atoms with Crippen molar-refractivity contribution in [1.29, 1.82) is 0 Å². The largest absolute Gasteiger partial charge is 0.325 e. The van der Waals surface area contributed by atoms with Gasteiger partial charge in [-0.1, -0.05) is 12.1 Å². The van der Waals surface area contributed by atoms with Gasteiger partial charge in [0.1, 0.15) is 5.54 Å². The van der Waals surface area contributed by atoms with Crippen LogP contribution in [-0.2, 0) is 20.2 Å². The molecule has 2 rings (SSSR count). The lowest BCUT2D eigenvalue weighted by molar-refractivity contribution is -0.130. The molecular weight excluding hydrogens is 280 g/mol. The van der Waals surface area contributed by atoms with Crippen LogP contribution in [0.5, 0.6) is 0 Å². The highest BCUT2D eigenvalue weighted by atomic mass is 32.2. The number of imide groups is 1. The van der Waals surface area contributed by atoms with Gasteiger partial charge in [-0.05, 0) is 31.5 Å². The number of rotatable bonds is 3. The van der Waals surface area contributed by atoms with Gasteiger partial charge in [-0.3, -0.25) is 9.69 Å². The summed E-state index contributed by atoms with van der Waals surface area (Å²) in [6.07, 6.45) is 1.12. The third-order valence-corrected chi connectivity index (χ3v) is 4.58. The van der Waals surface area contributed by atoms with E-state index in [1.807, 2.05) is 0 Å². The first-order valence-electron chi connectivity index (χ1n) is 6.15. The van der Waals surface area contributed by atoms with Crippen LogP contribution in [0.15, 0.2) is 29.2 Å². The fourth-order valence-corrected chi connectivity index (χ4v) is 2.85. The lowest BCUT2D eigenvalue weighted by Crippen LogP contribution is -2.40. The Balaban J connectivity index is 2.42. The molecule has 0 radical (unpaired) electrons. The highest BCUT2D eigenvalue weighted by Crippen LogP contribution is 2.29. The Morgan fingerprint density at radius 2 is 1.75 bits per heavy atom. The number of amides is 3. The minimum absolute atomic E-state index is 0.175. The molecule has 0 saturated carbocycles. The first-order valence-corrected chi connectivity index (χ1v) is 8.04. The quantitative estimate of drug-likeness (QED) is 0.839. The molecule has 3 amide bonds. The van der Waals surface area contributed by atoms with E-state index in [0.717, 1.165) is 11.2 Å². The van der Waals surface area contributed by atoms with E-state index in [-0.39, 0.29) is 10.8 Å². The van der Waals surface area contributed by atoms with Gasteiger partial charge in [0.2, 0.25) is 0 Å². The van der Waals surface area contributed by atoms with Gasteiger partial charge in [-0.25, -0.2) is 13.2 Å². The van der Waals surface area contributed by atoms with Crippen molar-refractivity contribution in [3.63, 3.8) is 0 Å². The third-order valence-electron chi connectivity index (χ3n) is 3.45. The highest BCUT2D eigenvalue weighted by Gasteiger charge is 2.48. The number of nitrogens with one attached hydrogen (secondary N) is 1. The number of carbonyl (C=O) groups excluding carboxylic acids is 2. The molecule has 0 bridgehead atoms. The number of sulfone groups is 1. The summed E-state index contributed by atoms with van der Waals surface area (Å²) < 4.78 is 22.8. The van der Waals surface area contributed by atoms with Gasteiger partial charge in [0.05, 0.1) is 4.90 Å². The Labute approximate surface area is 117 Å². The molecule has 6 nitrogen and oxygen atoms in total. The van der Waals surface area contributed by atoms with Crippen molar-refractivity contribution >= 4 is 21.8 Å². The lowest BCUT2D eigenvalue weighted by atomic mass is 9.92. The summed E-state index contributed by atoms with van der Waals surface area (Å²) in [4.78, 5) is 25.3. The zero-order valence-electron chi connectivity index (χ0n) is 11.5. The van der Waals surface area contributed by atoms with Crippen LogP contribution in [0.3, 0.4) is 0 Å². The second-order valence-corrected chi connectivity index (χ2v) is 6.92. The number of nitrogens with zero attached hydrogens (tertiary/aromatic N) is 1. The monoisotopic (exact) mass is 296 g/mol. The molecule has 0 aromatic heterocycles. The minimum Gasteiger partial charge on any atom is -0.319 e. The number of hydrogen-bond donors (Lipinski definition) is 1. The standard InChI is InChI=1S/C13H16N2O4S/c1-4-15-11(16)13(2,14-12(15)17)9-5-7-10(8-6-9)20(3,18)19/h5-8H,4H2,1-3H3,(H,14,17)/t13-/m0/s1. The number of benzene rings is 1. The van der Waals surface area contributed by atoms with E-state index in [1.165, 1.54) is 12.1 Å². The van der Waals surface area contributed by atoms with Crippen molar-refractivity contribution in [2.45, 2.75) is 24.3 Å². The van der Waals surface area contributed by atoms with Crippen molar-refractivity contribution in [3.8, 4) is 0 Å². The van der Waals surface area contributed by atoms with Crippen LogP contribution in [-0.4, -0.2) is 38.1 Å². The average Bonchev–Trinajstić information content (AvgIpc) is 2.60. The van der Waals surface area contributed by atoms with Crippen LogP contribution in [0.4, 0.5) is 4.79 Å². The third kappa shape index (κ3) is 2.18. The molecule has 1 N–H and O–H groups in total. The summed E-state index contributed by atoms with van der Waals surface area (Å²) in [5.41, 5.74) is -0.595. The fraction of sp³-hybridized carbons (Fsp3) is 0.385. The Morgan fingerprint density at radius 3 is 2.15 bits per heavy atom. The summed E-state index contributed by atoms with van der Waals surface area (Å²) in [5.74, 6) is -0.336. The van der Waals surface area contributed by atoms with Crippen molar-refractivity contribution in [1.82, 2.24) is 10.2 Å². The maximum atomic E-state index is 12.3. The molecule has 20 heavy (non-hydrogen) atoms. The highest BCUT2D eigenvalue weighted by molar-refractivity contribution is 7.90. The minimum atomic E-state index is -3.29. The van der Waals surface area contributed by atoms with E-state index in [1.54, 1.807) is 26.0 Å². The maximum Gasteiger partial charge on any atom is 0.325 e. The zero-order chi connectivity index (χ0) is 15.1. The lowest BCUT2D eigenvalue weighted by Gasteiger charge is -2.22. The summed E-state index contributed by atoms with van der Waals surface area (Å²) in [6.45, 7) is 3.62. The summed E-state index contributed by atoms with van der Waals surface area (Å²) in [7, 11) is -3.29. The number of likely N-dealkylation sites (N-methyl/N-ethyl adjacent to an activating group) is 1. The first kappa shape index (κ1) is 14.5. The van der Waals surface area contributed by atoms with Crippen LogP contribution >= 0.6 is 0 Å². The normalized spacial score (nSPS) is 23.1. The van der Waals surface area contributed by atoms with Crippen molar-refractivity contribution < 1.29 is 18.0 Å². The SMILES string of the molecule is CCN1C(=O)N[C@@](C)(c2ccc(S(C)(=O)=O)cc2)C1=O. The Morgan fingerprint density at radius 1 is 1.20 bits per heavy atom. The molecule has 1 aromatic carbocycles. The van der Waals surface area contributed by atoms with Gasteiger partial charge in [0.15, 0.2) is 9.84 Å². The molecule has 0 unspecified atom stereocenters. The van der Waals surface area contributed by atoms with Crippen LogP contribution in [0.1, 0.15) is 19.4 Å². The van der Waals surface area contributed by atoms with Crippen LogP contribution in [0, 0.1) is 0 Å². The van der Waals surface area contributed by atoms with Gasteiger partial charge >= 0.3 is 6.03 Å². The predicted molar refractivity (Wildman–Crippen MR) is 72.8 cm³/mol. The molecule has 1 aliphatic rings. The second-order valence-electron chi connectivity index (χ2n) is 4.90.